The number of ether oxygens (including phenoxy) is 1. The van der Waals surface area contributed by atoms with Gasteiger partial charge >= 0.3 is 0 Å². The van der Waals surface area contributed by atoms with Crippen LogP contribution in [0.15, 0.2) is 46.9 Å². The smallest absolute Gasteiger partial charge is 0.231 e. The van der Waals surface area contributed by atoms with Crippen LogP contribution in [0, 0.1) is 12.8 Å². The summed E-state index contributed by atoms with van der Waals surface area (Å²) in [6, 6.07) is 12.8. The number of hydrogen-bond donors (Lipinski definition) is 2. The Morgan fingerprint density at radius 1 is 1.33 bits per heavy atom. The maximum Gasteiger partial charge on any atom is 0.231 e. The predicted octanol–water partition coefficient (Wildman–Crippen LogP) is 3.73. The summed E-state index contributed by atoms with van der Waals surface area (Å²) in [4.78, 5) is 24.5. The normalized spacial score (nSPS) is 16.4. The third-order valence-corrected chi connectivity index (χ3v) is 4.72. The Morgan fingerprint density at radius 2 is 2.12 bits per heavy atom. The van der Waals surface area contributed by atoms with E-state index in [2.05, 4.69) is 26.6 Å². The Kier molecular flexibility index (Phi) is 4.85. The van der Waals surface area contributed by atoms with Crippen LogP contribution < -0.4 is 15.4 Å². The second-order valence-corrected chi connectivity index (χ2v) is 6.56. The first-order valence-electron chi connectivity index (χ1n) is 7.61. The van der Waals surface area contributed by atoms with Crippen LogP contribution in [0.2, 0.25) is 0 Å². The van der Waals surface area contributed by atoms with Crippen LogP contribution in [0.1, 0.15) is 12.0 Å². The van der Waals surface area contributed by atoms with E-state index in [1.807, 2.05) is 37.3 Å². The molecule has 1 heterocycles. The van der Waals surface area contributed by atoms with Crippen molar-refractivity contribution < 1.29 is 14.3 Å². The Bertz CT molecular complexity index is 792. The van der Waals surface area contributed by atoms with Crippen molar-refractivity contribution in [2.75, 3.05) is 17.2 Å². The number of para-hydroxylation sites is 2. The summed E-state index contributed by atoms with van der Waals surface area (Å²) in [6.45, 7) is 2.12. The second kappa shape index (κ2) is 7.05. The predicted molar refractivity (Wildman–Crippen MR) is 96.2 cm³/mol. The molecule has 6 heteroatoms. The monoisotopic (exact) mass is 388 g/mol. The molecule has 1 unspecified atom stereocenters. The number of anilines is 2. The topological polar surface area (TPSA) is 67.4 Å². The summed E-state index contributed by atoms with van der Waals surface area (Å²) in [5.41, 5.74) is 2.37. The van der Waals surface area contributed by atoms with E-state index in [1.54, 1.807) is 12.1 Å². The van der Waals surface area contributed by atoms with Gasteiger partial charge in [-0.3, -0.25) is 9.59 Å². The summed E-state index contributed by atoms with van der Waals surface area (Å²) in [5, 5.41) is 5.63. The number of halogens is 1. The van der Waals surface area contributed by atoms with Crippen molar-refractivity contribution in [1.29, 1.82) is 0 Å². The van der Waals surface area contributed by atoms with Crippen molar-refractivity contribution in [2.24, 2.45) is 5.92 Å². The number of carbonyl (C=O) groups is 2. The zero-order valence-corrected chi connectivity index (χ0v) is 14.7. The van der Waals surface area contributed by atoms with Gasteiger partial charge < -0.3 is 15.4 Å². The average Bonchev–Trinajstić information content (AvgIpc) is 2.70. The minimum atomic E-state index is -0.533. The summed E-state index contributed by atoms with van der Waals surface area (Å²) in [6.07, 6.45) is 0.0644. The van der Waals surface area contributed by atoms with E-state index in [9.17, 15) is 9.59 Å². The molecular weight excluding hydrogens is 372 g/mol. The van der Waals surface area contributed by atoms with Crippen LogP contribution in [0.3, 0.4) is 0 Å². The van der Waals surface area contributed by atoms with Gasteiger partial charge in [0.1, 0.15) is 12.4 Å². The van der Waals surface area contributed by atoms with Gasteiger partial charge in [-0.15, -0.1) is 0 Å². The highest BCUT2D eigenvalue weighted by Gasteiger charge is 2.26. The van der Waals surface area contributed by atoms with Gasteiger partial charge in [0.25, 0.3) is 0 Å². The molecule has 5 nitrogen and oxygen atoms in total. The first-order valence-corrected chi connectivity index (χ1v) is 8.41. The van der Waals surface area contributed by atoms with Crippen LogP contribution in [-0.4, -0.2) is 18.4 Å². The number of nitrogens with one attached hydrogen (secondary N) is 2. The van der Waals surface area contributed by atoms with E-state index in [0.717, 1.165) is 10.0 Å². The minimum absolute atomic E-state index is 0.0644. The number of aryl methyl sites for hydroxylation is 1. The van der Waals surface area contributed by atoms with Gasteiger partial charge in [-0.1, -0.05) is 28.1 Å². The van der Waals surface area contributed by atoms with Gasteiger partial charge in [0.2, 0.25) is 11.8 Å². The molecule has 2 aromatic carbocycles. The molecule has 2 aromatic rings. The van der Waals surface area contributed by atoms with E-state index >= 15 is 0 Å². The van der Waals surface area contributed by atoms with E-state index < -0.39 is 5.92 Å². The number of amides is 2. The summed E-state index contributed by atoms with van der Waals surface area (Å²) < 4.78 is 6.63. The molecule has 1 atom stereocenters. The van der Waals surface area contributed by atoms with Crippen molar-refractivity contribution >= 4 is 39.1 Å². The Hall–Kier alpha value is -2.34. The molecule has 0 fully saturated rings. The molecule has 124 valence electrons. The SMILES string of the molecule is Cc1cc(NC(=O)CC2COc3ccccc3NC2=O)ccc1Br. The number of rotatable bonds is 3. The molecule has 0 radical (unpaired) electrons. The molecule has 0 aliphatic carbocycles. The third-order valence-electron chi connectivity index (χ3n) is 3.83. The van der Waals surface area contributed by atoms with Crippen LogP contribution in [0.5, 0.6) is 5.75 Å². The fourth-order valence-electron chi connectivity index (χ4n) is 2.51. The van der Waals surface area contributed by atoms with Gasteiger partial charge in [-0.2, -0.15) is 0 Å². The van der Waals surface area contributed by atoms with Gasteiger partial charge in [0.15, 0.2) is 0 Å². The van der Waals surface area contributed by atoms with Crippen molar-refractivity contribution in [2.45, 2.75) is 13.3 Å². The molecule has 0 aromatic heterocycles. The van der Waals surface area contributed by atoms with Crippen molar-refractivity contribution in [1.82, 2.24) is 0 Å². The molecule has 0 spiro atoms. The lowest BCUT2D eigenvalue weighted by Gasteiger charge is -2.13. The molecule has 2 amide bonds. The van der Waals surface area contributed by atoms with Crippen molar-refractivity contribution in [3.63, 3.8) is 0 Å². The minimum Gasteiger partial charge on any atom is -0.491 e. The fraction of sp³-hybridized carbons (Fsp3) is 0.222. The Morgan fingerprint density at radius 3 is 2.92 bits per heavy atom. The van der Waals surface area contributed by atoms with Crippen LogP contribution >= 0.6 is 15.9 Å². The molecule has 0 bridgehead atoms. The van der Waals surface area contributed by atoms with Crippen molar-refractivity contribution in [3.8, 4) is 5.75 Å². The van der Waals surface area contributed by atoms with Crippen LogP contribution in [0.4, 0.5) is 11.4 Å². The summed E-state index contributed by atoms with van der Waals surface area (Å²) >= 11 is 3.42. The first-order chi connectivity index (χ1) is 11.5. The van der Waals surface area contributed by atoms with Gasteiger partial charge in [0.05, 0.1) is 11.6 Å². The molecular formula is C18H17BrN2O3. The summed E-state index contributed by atoms with van der Waals surface area (Å²) in [5.74, 6) is -0.334. The van der Waals surface area contributed by atoms with Crippen molar-refractivity contribution in [3.05, 3.63) is 52.5 Å². The summed E-state index contributed by atoms with van der Waals surface area (Å²) in [7, 11) is 0. The lowest BCUT2D eigenvalue weighted by Crippen LogP contribution is -2.29. The lowest BCUT2D eigenvalue weighted by molar-refractivity contribution is -0.125. The molecule has 1 aliphatic rings. The average molecular weight is 389 g/mol. The molecule has 0 saturated carbocycles. The molecule has 1 aliphatic heterocycles. The third kappa shape index (κ3) is 3.76. The number of benzene rings is 2. The van der Waals surface area contributed by atoms with Gasteiger partial charge in [-0.05, 0) is 42.8 Å². The maximum atomic E-state index is 12.3. The van der Waals surface area contributed by atoms with E-state index in [0.29, 0.717) is 17.1 Å². The zero-order chi connectivity index (χ0) is 17.1. The molecule has 3 rings (SSSR count). The highest BCUT2D eigenvalue weighted by molar-refractivity contribution is 9.10. The lowest BCUT2D eigenvalue weighted by atomic mass is 10.1. The number of carbonyl (C=O) groups excluding carboxylic acids is 2. The van der Waals surface area contributed by atoms with E-state index in [4.69, 9.17) is 4.74 Å². The van der Waals surface area contributed by atoms with Crippen LogP contribution in [-0.2, 0) is 9.59 Å². The highest BCUT2D eigenvalue weighted by Crippen LogP contribution is 2.28. The van der Waals surface area contributed by atoms with E-state index in [-0.39, 0.29) is 24.8 Å². The maximum absolute atomic E-state index is 12.3. The van der Waals surface area contributed by atoms with Gasteiger partial charge in [0, 0.05) is 16.6 Å². The fourth-order valence-corrected chi connectivity index (χ4v) is 2.75. The van der Waals surface area contributed by atoms with Crippen LogP contribution in [0.25, 0.3) is 0 Å². The number of hydrogen-bond acceptors (Lipinski definition) is 3. The van der Waals surface area contributed by atoms with E-state index in [1.165, 1.54) is 0 Å². The highest BCUT2D eigenvalue weighted by atomic mass is 79.9. The Balaban J connectivity index is 1.64. The second-order valence-electron chi connectivity index (χ2n) is 5.71. The Labute approximate surface area is 148 Å². The quantitative estimate of drug-likeness (QED) is 0.841. The first kappa shape index (κ1) is 16.5. The zero-order valence-electron chi connectivity index (χ0n) is 13.1. The molecule has 24 heavy (non-hydrogen) atoms. The largest absolute Gasteiger partial charge is 0.491 e. The van der Waals surface area contributed by atoms with Gasteiger partial charge in [-0.25, -0.2) is 0 Å². The standard InChI is InChI=1S/C18H17BrN2O3/c1-11-8-13(6-7-14(11)19)20-17(22)9-12-10-24-16-5-3-2-4-15(16)21-18(12)23/h2-8,12H,9-10H2,1H3,(H,20,22)(H,21,23). The number of fused-ring (bicyclic) bond motifs is 1. The molecule has 0 saturated heterocycles. The molecule has 2 N–H and O–H groups in total.